The van der Waals surface area contributed by atoms with Crippen LogP contribution in [0.25, 0.3) is 10.9 Å². The number of aromatic hydroxyl groups is 1. The van der Waals surface area contributed by atoms with Gasteiger partial charge in [0.15, 0.2) is 11.6 Å². The van der Waals surface area contributed by atoms with Gasteiger partial charge in [0, 0.05) is 6.07 Å². The summed E-state index contributed by atoms with van der Waals surface area (Å²) in [6.45, 7) is 0. The van der Waals surface area contributed by atoms with Crippen molar-refractivity contribution in [3.8, 4) is 5.75 Å². The van der Waals surface area contributed by atoms with Crippen molar-refractivity contribution in [2.24, 2.45) is 16.0 Å². The maximum atomic E-state index is 10.8. The Kier molecular flexibility index (Phi) is 2.64. The largest absolute Gasteiger partial charge is 0.504 e. The van der Waals surface area contributed by atoms with E-state index in [1.54, 1.807) is 0 Å². The van der Waals surface area contributed by atoms with Gasteiger partial charge in [-0.05, 0) is 6.07 Å². The molecular formula is C9H7N5O4. The number of nitrogens with two attached hydrogens (primary N) is 1. The summed E-state index contributed by atoms with van der Waals surface area (Å²) in [6.07, 6.45) is 0. The number of carbonyl (C=O) groups is 1. The fourth-order valence-corrected chi connectivity index (χ4v) is 1.50. The number of amides is 2. The predicted molar refractivity (Wildman–Crippen MR) is 60.7 cm³/mol. The number of nitrogens with one attached hydrogen (secondary N) is 1. The van der Waals surface area contributed by atoms with Crippen molar-refractivity contribution in [2.45, 2.75) is 0 Å². The standard InChI is InChI=1S/C9H7N5O4/c10-9(16)13-12-8-7(15)4-2-1-3-5(14(17)18)6(4)11-8/h1-3,11,15H,(H2,10,16)/b13-12+. The molecule has 1 aromatic heterocycles. The van der Waals surface area contributed by atoms with Gasteiger partial charge in [0.1, 0.15) is 5.52 Å². The molecule has 2 amide bonds. The summed E-state index contributed by atoms with van der Waals surface area (Å²) in [5.74, 6) is -0.503. The highest BCUT2D eigenvalue weighted by atomic mass is 16.6. The van der Waals surface area contributed by atoms with Crippen LogP contribution >= 0.6 is 0 Å². The smallest absolute Gasteiger partial charge is 0.357 e. The number of aromatic nitrogens is 1. The fraction of sp³-hybridized carbons (Fsp3) is 0. The molecule has 0 aliphatic heterocycles. The molecule has 0 fully saturated rings. The number of hydrogen-bond acceptors (Lipinski definition) is 5. The van der Waals surface area contributed by atoms with Crippen LogP contribution in [-0.4, -0.2) is 21.0 Å². The molecule has 2 rings (SSSR count). The zero-order valence-corrected chi connectivity index (χ0v) is 8.82. The molecule has 1 heterocycles. The van der Waals surface area contributed by atoms with E-state index < -0.39 is 11.0 Å². The number of azo groups is 1. The molecule has 0 aliphatic carbocycles. The van der Waals surface area contributed by atoms with Crippen molar-refractivity contribution in [3.05, 3.63) is 28.3 Å². The maximum Gasteiger partial charge on any atom is 0.357 e. The summed E-state index contributed by atoms with van der Waals surface area (Å²) in [6, 6.07) is 3.12. The molecule has 0 spiro atoms. The Hall–Kier alpha value is -2.97. The van der Waals surface area contributed by atoms with Gasteiger partial charge in [0.2, 0.25) is 0 Å². The number of nitrogens with zero attached hydrogens (tertiary/aromatic N) is 3. The van der Waals surface area contributed by atoms with Gasteiger partial charge in [0.25, 0.3) is 5.69 Å². The van der Waals surface area contributed by atoms with Crippen LogP contribution in [0.4, 0.5) is 16.3 Å². The minimum atomic E-state index is -1.04. The molecule has 9 nitrogen and oxygen atoms in total. The molecule has 0 saturated carbocycles. The van der Waals surface area contributed by atoms with Crippen LogP contribution in [0.15, 0.2) is 28.4 Å². The number of para-hydroxylation sites is 1. The molecular weight excluding hydrogens is 242 g/mol. The first-order valence-corrected chi connectivity index (χ1v) is 4.70. The van der Waals surface area contributed by atoms with Crippen molar-refractivity contribution in [1.29, 1.82) is 0 Å². The van der Waals surface area contributed by atoms with Crippen molar-refractivity contribution >= 4 is 28.4 Å². The second kappa shape index (κ2) is 4.13. The number of benzene rings is 1. The number of rotatable bonds is 2. The third-order valence-corrected chi connectivity index (χ3v) is 2.21. The first-order chi connectivity index (χ1) is 8.50. The molecule has 18 heavy (non-hydrogen) atoms. The predicted octanol–water partition coefficient (Wildman–Crippen LogP) is 1.94. The Bertz CT molecular complexity index is 675. The van der Waals surface area contributed by atoms with Crippen LogP contribution in [0.5, 0.6) is 5.75 Å². The minimum Gasteiger partial charge on any atom is -0.504 e. The summed E-state index contributed by atoms with van der Waals surface area (Å²) in [4.78, 5) is 23.1. The first-order valence-electron chi connectivity index (χ1n) is 4.70. The second-order valence-electron chi connectivity index (χ2n) is 3.32. The lowest BCUT2D eigenvalue weighted by molar-refractivity contribution is -0.383. The zero-order valence-electron chi connectivity index (χ0n) is 8.82. The molecule has 0 saturated heterocycles. The van der Waals surface area contributed by atoms with Gasteiger partial charge in [0.05, 0.1) is 10.3 Å². The summed E-state index contributed by atoms with van der Waals surface area (Å²) in [5.41, 5.74) is 4.64. The van der Waals surface area contributed by atoms with E-state index in [1.807, 2.05) is 0 Å². The van der Waals surface area contributed by atoms with Gasteiger partial charge in [-0.3, -0.25) is 10.1 Å². The van der Waals surface area contributed by atoms with E-state index in [1.165, 1.54) is 18.2 Å². The Morgan fingerprint density at radius 2 is 2.22 bits per heavy atom. The fourth-order valence-electron chi connectivity index (χ4n) is 1.50. The Balaban J connectivity index is 2.66. The molecule has 1 aromatic carbocycles. The molecule has 0 radical (unpaired) electrons. The van der Waals surface area contributed by atoms with Gasteiger partial charge < -0.3 is 15.8 Å². The van der Waals surface area contributed by atoms with E-state index in [-0.39, 0.29) is 28.2 Å². The van der Waals surface area contributed by atoms with Gasteiger partial charge in [-0.1, -0.05) is 11.2 Å². The number of fused-ring (bicyclic) bond motifs is 1. The highest BCUT2D eigenvalue weighted by Gasteiger charge is 2.18. The highest BCUT2D eigenvalue weighted by molar-refractivity contribution is 5.96. The number of aromatic amines is 1. The van der Waals surface area contributed by atoms with Crippen LogP contribution in [-0.2, 0) is 0 Å². The Morgan fingerprint density at radius 1 is 1.50 bits per heavy atom. The van der Waals surface area contributed by atoms with Crippen molar-refractivity contribution < 1.29 is 14.8 Å². The average molecular weight is 249 g/mol. The number of H-pyrrole nitrogens is 1. The summed E-state index contributed by atoms with van der Waals surface area (Å²) >= 11 is 0. The van der Waals surface area contributed by atoms with E-state index in [4.69, 9.17) is 5.73 Å². The van der Waals surface area contributed by atoms with E-state index >= 15 is 0 Å². The summed E-state index contributed by atoms with van der Waals surface area (Å²) < 4.78 is 0. The Labute approximate surface area is 99.1 Å². The topological polar surface area (TPSA) is 147 Å². The van der Waals surface area contributed by atoms with Gasteiger partial charge in [-0.25, -0.2) is 4.79 Å². The van der Waals surface area contributed by atoms with Crippen LogP contribution in [0.1, 0.15) is 0 Å². The number of primary amides is 1. The van der Waals surface area contributed by atoms with Gasteiger partial charge in [-0.2, -0.15) is 0 Å². The molecule has 0 atom stereocenters. The molecule has 92 valence electrons. The van der Waals surface area contributed by atoms with Gasteiger partial charge in [-0.15, -0.1) is 5.11 Å². The number of hydrogen-bond donors (Lipinski definition) is 3. The number of nitro benzene ring substituents is 1. The number of urea groups is 1. The van der Waals surface area contributed by atoms with E-state index in [0.29, 0.717) is 0 Å². The van der Waals surface area contributed by atoms with Gasteiger partial charge >= 0.3 is 6.03 Å². The molecule has 0 unspecified atom stereocenters. The lowest BCUT2D eigenvalue weighted by Crippen LogP contribution is -2.01. The van der Waals surface area contributed by atoms with Crippen LogP contribution in [0.2, 0.25) is 0 Å². The van der Waals surface area contributed by atoms with Crippen molar-refractivity contribution in [3.63, 3.8) is 0 Å². The zero-order chi connectivity index (χ0) is 13.3. The molecule has 2 aromatic rings. The second-order valence-corrected chi connectivity index (χ2v) is 3.32. The first kappa shape index (κ1) is 11.5. The molecule has 4 N–H and O–H groups in total. The van der Waals surface area contributed by atoms with E-state index in [2.05, 4.69) is 15.2 Å². The monoisotopic (exact) mass is 249 g/mol. The Morgan fingerprint density at radius 3 is 2.83 bits per heavy atom. The molecule has 0 aliphatic rings. The molecule has 9 heteroatoms. The van der Waals surface area contributed by atoms with E-state index in [0.717, 1.165) is 0 Å². The van der Waals surface area contributed by atoms with Crippen molar-refractivity contribution in [2.75, 3.05) is 0 Å². The molecule has 0 bridgehead atoms. The quantitative estimate of drug-likeness (QED) is 0.423. The normalized spacial score (nSPS) is 11.1. The minimum absolute atomic E-state index is 0.0958. The lowest BCUT2D eigenvalue weighted by Gasteiger charge is -1.92. The number of non-ortho nitro benzene ring substituents is 1. The summed E-state index contributed by atoms with van der Waals surface area (Å²) in [7, 11) is 0. The highest BCUT2D eigenvalue weighted by Crippen LogP contribution is 2.38. The van der Waals surface area contributed by atoms with Crippen LogP contribution < -0.4 is 5.73 Å². The van der Waals surface area contributed by atoms with Crippen molar-refractivity contribution in [1.82, 2.24) is 4.98 Å². The maximum absolute atomic E-state index is 10.8. The summed E-state index contributed by atoms with van der Waals surface area (Å²) in [5, 5.41) is 27.1. The van der Waals surface area contributed by atoms with Crippen LogP contribution in [0.3, 0.4) is 0 Å². The third kappa shape index (κ3) is 1.84. The SMILES string of the molecule is NC(=O)/N=N/c1[nH]c2c([N+](=O)[O-])cccc2c1O. The lowest BCUT2D eigenvalue weighted by atomic mass is 10.2. The van der Waals surface area contributed by atoms with E-state index in [9.17, 15) is 20.0 Å². The number of nitro groups is 1. The number of carbonyl (C=O) groups excluding carboxylic acids is 1. The third-order valence-electron chi connectivity index (χ3n) is 2.21. The average Bonchev–Trinajstić information content (AvgIpc) is 2.63. The van der Waals surface area contributed by atoms with Crippen LogP contribution in [0, 0.1) is 10.1 Å².